The molecule has 32 heavy (non-hydrogen) atoms. The van der Waals surface area contributed by atoms with E-state index in [-0.39, 0.29) is 11.9 Å². The van der Waals surface area contributed by atoms with Crippen LogP contribution in [0.3, 0.4) is 0 Å². The molecule has 0 atom stereocenters. The number of nitrogens with one attached hydrogen (secondary N) is 1. The van der Waals surface area contributed by atoms with Crippen LogP contribution in [0, 0.1) is 27.7 Å². The molecule has 4 aromatic rings. The van der Waals surface area contributed by atoms with E-state index in [4.69, 9.17) is 15.1 Å². The molecule has 4 rings (SSSR count). The smallest absolute Gasteiger partial charge is 0.257 e. The van der Waals surface area contributed by atoms with Gasteiger partial charge < -0.3 is 15.5 Å². The minimum Gasteiger partial charge on any atom is -0.466 e. The van der Waals surface area contributed by atoms with Gasteiger partial charge in [-0.05, 0) is 59.2 Å². The van der Waals surface area contributed by atoms with Crippen LogP contribution in [-0.2, 0) is 0 Å². The maximum absolute atomic E-state index is 13.4. The third-order valence-corrected chi connectivity index (χ3v) is 6.60. The van der Waals surface area contributed by atoms with E-state index < -0.39 is 5.91 Å². The van der Waals surface area contributed by atoms with E-state index in [0.717, 1.165) is 27.5 Å². The van der Waals surface area contributed by atoms with Crippen molar-refractivity contribution in [3.63, 3.8) is 0 Å². The zero-order chi connectivity index (χ0) is 23.3. The van der Waals surface area contributed by atoms with E-state index in [0.29, 0.717) is 32.9 Å². The van der Waals surface area contributed by atoms with Crippen molar-refractivity contribution >= 4 is 39.2 Å². The van der Waals surface area contributed by atoms with Crippen molar-refractivity contribution in [1.82, 2.24) is 14.8 Å². The molecule has 4 aromatic heterocycles. The topological polar surface area (TPSA) is 116 Å². The minimum absolute atomic E-state index is 0.0578. The molecule has 0 unspecified atom stereocenters. The number of fused-ring (bicyclic) bond motifs is 1. The van der Waals surface area contributed by atoms with Crippen LogP contribution in [0.2, 0.25) is 0 Å². The van der Waals surface area contributed by atoms with Crippen molar-refractivity contribution in [1.29, 1.82) is 0 Å². The van der Waals surface area contributed by atoms with Crippen molar-refractivity contribution in [2.24, 2.45) is 5.73 Å². The van der Waals surface area contributed by atoms with Crippen LogP contribution in [0.4, 0.5) is 5.00 Å². The van der Waals surface area contributed by atoms with Crippen molar-refractivity contribution < 1.29 is 14.0 Å². The lowest BCUT2D eigenvalue weighted by Gasteiger charge is -2.11. The molecule has 0 aliphatic carbocycles. The van der Waals surface area contributed by atoms with Crippen LogP contribution in [-0.4, -0.2) is 26.6 Å². The Labute approximate surface area is 189 Å². The van der Waals surface area contributed by atoms with Crippen LogP contribution < -0.4 is 11.1 Å². The average Bonchev–Trinajstić information content (AvgIpc) is 3.36. The van der Waals surface area contributed by atoms with Crippen LogP contribution >= 0.6 is 11.3 Å². The highest BCUT2D eigenvalue weighted by atomic mass is 32.1. The van der Waals surface area contributed by atoms with Gasteiger partial charge >= 0.3 is 0 Å². The molecule has 166 valence electrons. The highest BCUT2D eigenvalue weighted by molar-refractivity contribution is 7.16. The number of anilines is 1. The van der Waals surface area contributed by atoms with Crippen LogP contribution in [0.15, 0.2) is 22.7 Å². The molecule has 0 saturated carbocycles. The Bertz CT molecular complexity index is 1380. The lowest BCUT2D eigenvalue weighted by atomic mass is 10.1. The van der Waals surface area contributed by atoms with Crippen molar-refractivity contribution in [2.45, 2.75) is 47.6 Å². The van der Waals surface area contributed by atoms with Gasteiger partial charge in [-0.15, -0.1) is 11.3 Å². The van der Waals surface area contributed by atoms with Gasteiger partial charge in [0.25, 0.3) is 11.8 Å². The average molecular weight is 452 g/mol. The predicted molar refractivity (Wildman–Crippen MR) is 125 cm³/mol. The minimum atomic E-state index is -0.570. The fraction of sp³-hybridized carbons (Fsp3) is 0.304. The first-order valence-corrected chi connectivity index (χ1v) is 11.1. The Morgan fingerprint density at radius 1 is 1.19 bits per heavy atom. The number of furan rings is 1. The maximum atomic E-state index is 13.4. The Kier molecular flexibility index (Phi) is 5.37. The van der Waals surface area contributed by atoms with Gasteiger partial charge in [-0.3, -0.25) is 9.59 Å². The quantitative estimate of drug-likeness (QED) is 0.447. The summed E-state index contributed by atoms with van der Waals surface area (Å²) in [5.41, 5.74) is 9.14. The van der Waals surface area contributed by atoms with E-state index in [1.807, 2.05) is 47.6 Å². The standard InChI is InChI=1S/C23H25N5O3S/c1-10(2)28-21-17(9-25-28)16(8-18(26-21)15-7-11(3)31-13(15)5)22(30)27-23-19(20(24)29)12(4)14(6)32-23/h7-10H,1-6H3,(H2,24,29)(H,27,30). The number of nitrogens with two attached hydrogens (primary N) is 1. The van der Waals surface area contributed by atoms with Gasteiger partial charge in [0, 0.05) is 16.5 Å². The lowest BCUT2D eigenvalue weighted by Crippen LogP contribution is -2.18. The monoisotopic (exact) mass is 451 g/mol. The van der Waals surface area contributed by atoms with E-state index in [2.05, 4.69) is 10.4 Å². The van der Waals surface area contributed by atoms with Gasteiger partial charge in [-0.25, -0.2) is 9.67 Å². The van der Waals surface area contributed by atoms with E-state index in [1.54, 1.807) is 16.9 Å². The maximum Gasteiger partial charge on any atom is 0.257 e. The summed E-state index contributed by atoms with van der Waals surface area (Å²) in [6, 6.07) is 3.69. The Morgan fingerprint density at radius 3 is 2.50 bits per heavy atom. The van der Waals surface area contributed by atoms with Gasteiger partial charge in [0.05, 0.1) is 28.4 Å². The molecule has 0 aromatic carbocycles. The fourth-order valence-electron chi connectivity index (χ4n) is 3.79. The predicted octanol–water partition coefficient (Wildman–Crippen LogP) is 4.92. The van der Waals surface area contributed by atoms with Crippen molar-refractivity contribution in [3.8, 4) is 11.3 Å². The van der Waals surface area contributed by atoms with Gasteiger partial charge in [-0.1, -0.05) is 0 Å². The second kappa shape index (κ2) is 7.90. The zero-order valence-electron chi connectivity index (χ0n) is 18.9. The Morgan fingerprint density at radius 2 is 1.91 bits per heavy atom. The third kappa shape index (κ3) is 3.58. The molecule has 8 nitrogen and oxygen atoms in total. The first kappa shape index (κ1) is 21.8. The fourth-order valence-corrected chi connectivity index (χ4v) is 4.85. The number of carbonyl (C=O) groups excluding carboxylic acids is 2. The van der Waals surface area contributed by atoms with Gasteiger partial charge in [-0.2, -0.15) is 5.10 Å². The zero-order valence-corrected chi connectivity index (χ0v) is 19.7. The summed E-state index contributed by atoms with van der Waals surface area (Å²) in [4.78, 5) is 31.1. The normalized spacial score (nSPS) is 11.5. The molecule has 0 spiro atoms. The first-order valence-electron chi connectivity index (χ1n) is 10.2. The van der Waals surface area contributed by atoms with E-state index >= 15 is 0 Å². The summed E-state index contributed by atoms with van der Waals surface area (Å²) >= 11 is 1.33. The summed E-state index contributed by atoms with van der Waals surface area (Å²) in [6.45, 7) is 11.5. The molecule has 0 saturated heterocycles. The summed E-state index contributed by atoms with van der Waals surface area (Å²) in [7, 11) is 0. The second-order valence-corrected chi connectivity index (χ2v) is 9.33. The van der Waals surface area contributed by atoms with Gasteiger partial charge in [0.1, 0.15) is 16.5 Å². The number of aryl methyl sites for hydroxylation is 3. The van der Waals surface area contributed by atoms with E-state index in [1.165, 1.54) is 11.3 Å². The molecule has 3 N–H and O–H groups in total. The molecule has 0 bridgehead atoms. The molecule has 0 fully saturated rings. The number of primary amides is 1. The van der Waals surface area contributed by atoms with Gasteiger partial charge in [0.2, 0.25) is 0 Å². The molecular formula is C23H25N5O3S. The number of pyridine rings is 1. The third-order valence-electron chi connectivity index (χ3n) is 5.48. The van der Waals surface area contributed by atoms with Gasteiger partial charge in [0.15, 0.2) is 5.65 Å². The Balaban J connectivity index is 1.88. The number of nitrogens with zero attached hydrogens (tertiary/aromatic N) is 3. The lowest BCUT2D eigenvalue weighted by molar-refractivity contribution is 0.100. The van der Waals surface area contributed by atoms with Crippen LogP contribution in [0.25, 0.3) is 22.3 Å². The number of aromatic nitrogens is 3. The van der Waals surface area contributed by atoms with Crippen LogP contribution in [0.1, 0.15) is 62.6 Å². The Hall–Kier alpha value is -3.46. The summed E-state index contributed by atoms with van der Waals surface area (Å²) < 4.78 is 7.47. The molecular weight excluding hydrogens is 426 g/mol. The highest BCUT2D eigenvalue weighted by Crippen LogP contribution is 2.34. The van der Waals surface area contributed by atoms with Crippen molar-refractivity contribution in [3.05, 3.63) is 51.4 Å². The SMILES string of the molecule is Cc1cc(-c2cc(C(=O)Nc3sc(C)c(C)c3C(N)=O)c3cnn(C(C)C)c3n2)c(C)o1. The second-order valence-electron chi connectivity index (χ2n) is 8.11. The number of amides is 2. The molecule has 4 heterocycles. The number of rotatable bonds is 5. The summed E-state index contributed by atoms with van der Waals surface area (Å²) in [6.07, 6.45) is 1.65. The summed E-state index contributed by atoms with van der Waals surface area (Å²) in [5, 5.41) is 8.41. The molecule has 0 aliphatic rings. The van der Waals surface area contributed by atoms with E-state index in [9.17, 15) is 9.59 Å². The van der Waals surface area contributed by atoms with Crippen LogP contribution in [0.5, 0.6) is 0 Å². The number of carbonyl (C=O) groups is 2. The number of thiophene rings is 1. The number of hydrogen-bond donors (Lipinski definition) is 2. The summed E-state index contributed by atoms with van der Waals surface area (Å²) in [5.74, 6) is 0.554. The largest absolute Gasteiger partial charge is 0.466 e. The number of hydrogen-bond acceptors (Lipinski definition) is 6. The van der Waals surface area contributed by atoms with Crippen molar-refractivity contribution in [2.75, 3.05) is 5.32 Å². The molecule has 0 radical (unpaired) electrons. The highest BCUT2D eigenvalue weighted by Gasteiger charge is 2.23. The molecule has 2 amide bonds. The molecule has 0 aliphatic heterocycles. The first-order chi connectivity index (χ1) is 15.1. The molecule has 9 heteroatoms.